The van der Waals surface area contributed by atoms with Gasteiger partial charge in [0.2, 0.25) is 0 Å². The van der Waals surface area contributed by atoms with Gasteiger partial charge in [0, 0.05) is 6.42 Å². The van der Waals surface area contributed by atoms with Crippen LogP contribution >= 0.6 is 0 Å². The van der Waals surface area contributed by atoms with Crippen molar-refractivity contribution in [1.29, 1.82) is 0 Å². The van der Waals surface area contributed by atoms with Gasteiger partial charge in [0.15, 0.2) is 0 Å². The topological polar surface area (TPSA) is 35.5 Å². The van der Waals surface area contributed by atoms with Crippen molar-refractivity contribution in [3.05, 3.63) is 77.4 Å². The number of benzene rings is 2. The molecular weight excluding hydrogens is 336 g/mol. The molecule has 0 heterocycles. The maximum Gasteiger partial charge on any atom is 0.305 e. The van der Waals surface area contributed by atoms with Gasteiger partial charge in [-0.1, -0.05) is 36.4 Å². The van der Waals surface area contributed by atoms with Gasteiger partial charge in [0.25, 0.3) is 0 Å². The number of ether oxygens (including phenoxy) is 2. The molecule has 0 aromatic heterocycles. The fraction of sp³-hybridized carbons (Fsp3) is 0.375. The second kappa shape index (κ2) is 11.2. The van der Waals surface area contributed by atoms with E-state index < -0.39 is 0 Å². The van der Waals surface area contributed by atoms with Gasteiger partial charge in [-0.15, -0.1) is 6.58 Å². The highest BCUT2D eigenvalue weighted by atomic mass is 16.5. The Morgan fingerprint density at radius 3 is 2.33 bits per heavy atom. The van der Waals surface area contributed by atoms with E-state index in [1.807, 2.05) is 31.2 Å². The van der Waals surface area contributed by atoms with Crippen LogP contribution in [0.25, 0.3) is 0 Å². The lowest BCUT2D eigenvalue weighted by Crippen LogP contribution is -2.04. The molecule has 2 aromatic carbocycles. The van der Waals surface area contributed by atoms with Crippen LogP contribution < -0.4 is 4.74 Å². The largest absolute Gasteiger partial charge is 0.489 e. The van der Waals surface area contributed by atoms with Gasteiger partial charge in [-0.2, -0.15) is 0 Å². The van der Waals surface area contributed by atoms with Gasteiger partial charge in [-0.05, 0) is 73.4 Å². The summed E-state index contributed by atoms with van der Waals surface area (Å²) in [7, 11) is 1.42. The van der Waals surface area contributed by atoms with Crippen LogP contribution in [-0.2, 0) is 35.4 Å². The second-order valence-corrected chi connectivity index (χ2v) is 6.73. The van der Waals surface area contributed by atoms with Crippen molar-refractivity contribution in [2.45, 2.75) is 52.1 Å². The minimum absolute atomic E-state index is 0.178. The number of hydrogen-bond acceptors (Lipinski definition) is 3. The van der Waals surface area contributed by atoms with E-state index in [4.69, 9.17) is 4.74 Å². The van der Waals surface area contributed by atoms with Gasteiger partial charge in [-0.3, -0.25) is 4.79 Å². The Kier molecular flexibility index (Phi) is 8.63. The van der Waals surface area contributed by atoms with Crippen molar-refractivity contribution in [3.8, 4) is 5.75 Å². The highest BCUT2D eigenvalue weighted by molar-refractivity contribution is 5.69. The third-order valence-electron chi connectivity index (χ3n) is 4.59. The van der Waals surface area contributed by atoms with E-state index in [0.717, 1.165) is 11.3 Å². The van der Waals surface area contributed by atoms with E-state index in [-0.39, 0.29) is 5.97 Å². The Morgan fingerprint density at radius 1 is 1.04 bits per heavy atom. The molecule has 0 atom stereocenters. The van der Waals surface area contributed by atoms with Crippen molar-refractivity contribution in [1.82, 2.24) is 0 Å². The SMILES string of the molecule is C=CC.COC(=O)CCc1ccc(OCc2ccc3c(c2)CCCC3)cc1. The van der Waals surface area contributed by atoms with Crippen molar-refractivity contribution in [3.63, 3.8) is 0 Å². The number of rotatable bonds is 6. The second-order valence-electron chi connectivity index (χ2n) is 6.73. The van der Waals surface area contributed by atoms with Crippen LogP contribution in [-0.4, -0.2) is 13.1 Å². The predicted molar refractivity (Wildman–Crippen MR) is 110 cm³/mol. The number of esters is 1. The molecule has 144 valence electrons. The van der Waals surface area contributed by atoms with Crippen LogP contribution in [0.15, 0.2) is 55.1 Å². The molecule has 3 rings (SSSR count). The number of methoxy groups -OCH3 is 1. The summed E-state index contributed by atoms with van der Waals surface area (Å²) in [5.41, 5.74) is 5.33. The first-order valence-electron chi connectivity index (χ1n) is 9.62. The fourth-order valence-electron chi connectivity index (χ4n) is 3.14. The molecule has 0 amide bonds. The molecule has 3 heteroatoms. The molecule has 27 heavy (non-hydrogen) atoms. The van der Waals surface area contributed by atoms with E-state index in [9.17, 15) is 4.79 Å². The maximum atomic E-state index is 11.2. The Labute approximate surface area is 163 Å². The molecule has 0 bridgehead atoms. The Hall–Kier alpha value is -2.55. The monoisotopic (exact) mass is 366 g/mol. The van der Waals surface area contributed by atoms with Crippen LogP contribution in [0.4, 0.5) is 0 Å². The number of hydrogen-bond donors (Lipinski definition) is 0. The number of carbonyl (C=O) groups is 1. The van der Waals surface area contributed by atoms with E-state index >= 15 is 0 Å². The highest BCUT2D eigenvalue weighted by Crippen LogP contribution is 2.23. The van der Waals surface area contributed by atoms with Gasteiger partial charge in [-0.25, -0.2) is 0 Å². The smallest absolute Gasteiger partial charge is 0.305 e. The van der Waals surface area contributed by atoms with Crippen molar-refractivity contribution >= 4 is 5.97 Å². The average molecular weight is 367 g/mol. The molecule has 0 unspecified atom stereocenters. The average Bonchev–Trinajstić information content (AvgIpc) is 2.71. The van der Waals surface area contributed by atoms with Gasteiger partial charge >= 0.3 is 5.97 Å². The van der Waals surface area contributed by atoms with E-state index in [1.165, 1.54) is 49.5 Å². The Bertz CT molecular complexity index is 732. The normalized spacial score (nSPS) is 12.2. The van der Waals surface area contributed by atoms with Crippen LogP contribution in [0.2, 0.25) is 0 Å². The number of aryl methyl sites for hydroxylation is 3. The zero-order valence-corrected chi connectivity index (χ0v) is 16.5. The molecule has 0 fully saturated rings. The molecule has 0 spiro atoms. The summed E-state index contributed by atoms with van der Waals surface area (Å²) in [4.78, 5) is 11.2. The third-order valence-corrected chi connectivity index (χ3v) is 4.59. The lowest BCUT2D eigenvalue weighted by Gasteiger charge is -2.16. The first-order valence-corrected chi connectivity index (χ1v) is 9.62. The van der Waals surface area contributed by atoms with Crippen molar-refractivity contribution in [2.75, 3.05) is 7.11 Å². The van der Waals surface area contributed by atoms with Crippen LogP contribution in [0.1, 0.15) is 48.4 Å². The van der Waals surface area contributed by atoms with Gasteiger partial charge in [0.05, 0.1) is 7.11 Å². The summed E-state index contributed by atoms with van der Waals surface area (Å²) in [6, 6.07) is 14.7. The molecule has 1 aliphatic carbocycles. The Morgan fingerprint density at radius 2 is 1.67 bits per heavy atom. The Balaban J connectivity index is 0.000000817. The summed E-state index contributed by atoms with van der Waals surface area (Å²) < 4.78 is 10.6. The maximum absolute atomic E-state index is 11.2. The molecule has 0 N–H and O–H groups in total. The molecule has 0 aliphatic heterocycles. The van der Waals surface area contributed by atoms with Crippen LogP contribution in [0.5, 0.6) is 5.75 Å². The minimum atomic E-state index is -0.178. The zero-order valence-electron chi connectivity index (χ0n) is 16.5. The van der Waals surface area contributed by atoms with E-state index in [2.05, 4.69) is 29.5 Å². The number of allylic oxidation sites excluding steroid dienone is 1. The lowest BCUT2D eigenvalue weighted by atomic mass is 9.90. The van der Waals surface area contributed by atoms with E-state index in [0.29, 0.717) is 19.4 Å². The molecular formula is C24H30O3. The summed E-state index contributed by atoms with van der Waals surface area (Å²) in [5.74, 6) is 0.678. The predicted octanol–water partition coefficient (Wildman–Crippen LogP) is 5.44. The summed E-state index contributed by atoms with van der Waals surface area (Å²) in [6.07, 6.45) is 7.86. The molecule has 1 aliphatic rings. The third kappa shape index (κ3) is 6.93. The summed E-state index contributed by atoms with van der Waals surface area (Å²) >= 11 is 0. The summed E-state index contributed by atoms with van der Waals surface area (Å²) in [5, 5.41) is 0. The number of fused-ring (bicyclic) bond motifs is 1. The molecule has 3 nitrogen and oxygen atoms in total. The van der Waals surface area contributed by atoms with Crippen LogP contribution in [0.3, 0.4) is 0 Å². The van der Waals surface area contributed by atoms with Gasteiger partial charge < -0.3 is 9.47 Å². The quantitative estimate of drug-likeness (QED) is 0.504. The van der Waals surface area contributed by atoms with Crippen molar-refractivity contribution in [2.24, 2.45) is 0 Å². The molecule has 0 radical (unpaired) electrons. The lowest BCUT2D eigenvalue weighted by molar-refractivity contribution is -0.140. The zero-order chi connectivity index (χ0) is 19.5. The standard InChI is InChI=1S/C21H24O3.C3H6/c1-23-21(22)13-9-16-7-11-20(12-8-16)24-15-17-6-10-18-4-2-3-5-19(18)14-17;1-3-2/h6-8,10-12,14H,2-5,9,13,15H2,1H3;3H,1H2,2H3. The highest BCUT2D eigenvalue weighted by Gasteiger charge is 2.09. The number of carbonyl (C=O) groups excluding carboxylic acids is 1. The molecule has 2 aromatic rings. The first-order chi connectivity index (χ1) is 13.2. The van der Waals surface area contributed by atoms with Crippen molar-refractivity contribution < 1.29 is 14.3 Å². The molecule has 0 saturated carbocycles. The van der Waals surface area contributed by atoms with Crippen LogP contribution in [0, 0.1) is 0 Å². The molecule has 0 saturated heterocycles. The fourth-order valence-corrected chi connectivity index (χ4v) is 3.14. The van der Waals surface area contributed by atoms with Gasteiger partial charge in [0.1, 0.15) is 12.4 Å². The minimum Gasteiger partial charge on any atom is -0.489 e. The first kappa shape index (κ1) is 20.8. The van der Waals surface area contributed by atoms with E-state index in [1.54, 1.807) is 6.08 Å². The summed E-state index contributed by atoms with van der Waals surface area (Å²) in [6.45, 7) is 5.84.